The van der Waals surface area contributed by atoms with Crippen molar-refractivity contribution in [1.29, 1.82) is 5.26 Å². The van der Waals surface area contributed by atoms with E-state index in [4.69, 9.17) is 9.79 Å². The molecule has 1 unspecified atom stereocenters. The standard InChI is InChI=1S/C15H10NO2P/c16-9-11-5-7-12(8-6-11)19-10-14(17)13-3-1-2-4-15(13)18-19/h1-8H,10H2. The Bertz CT molecular complexity index is 673. The van der Waals surface area contributed by atoms with Gasteiger partial charge in [-0.05, 0) is 36.4 Å². The molecular weight excluding hydrogens is 257 g/mol. The molecule has 0 aliphatic carbocycles. The molecule has 0 aromatic heterocycles. The van der Waals surface area contributed by atoms with Crippen LogP contribution in [0.2, 0.25) is 0 Å². The first-order chi connectivity index (χ1) is 9.28. The number of fused-ring (bicyclic) bond motifs is 1. The normalized spacial score (nSPS) is 17.2. The van der Waals surface area contributed by atoms with Gasteiger partial charge in [-0.15, -0.1) is 0 Å². The van der Waals surface area contributed by atoms with Gasteiger partial charge in [-0.3, -0.25) is 4.79 Å². The van der Waals surface area contributed by atoms with Gasteiger partial charge in [0.25, 0.3) is 0 Å². The van der Waals surface area contributed by atoms with E-state index in [0.29, 0.717) is 23.0 Å². The number of nitrogens with zero attached hydrogens (tertiary/aromatic N) is 1. The lowest BCUT2D eigenvalue weighted by Crippen LogP contribution is -2.19. The third kappa shape index (κ3) is 2.23. The van der Waals surface area contributed by atoms with Crippen LogP contribution >= 0.6 is 8.15 Å². The molecule has 3 rings (SSSR count). The minimum atomic E-state index is -0.969. The molecule has 1 aliphatic heterocycles. The predicted molar refractivity (Wildman–Crippen MR) is 74.0 cm³/mol. The zero-order valence-electron chi connectivity index (χ0n) is 10.0. The van der Waals surface area contributed by atoms with E-state index in [1.54, 1.807) is 18.2 Å². The van der Waals surface area contributed by atoms with Crippen LogP contribution in [0.15, 0.2) is 48.5 Å². The lowest BCUT2D eigenvalue weighted by molar-refractivity contribution is 0.101. The summed E-state index contributed by atoms with van der Waals surface area (Å²) in [5.41, 5.74) is 1.28. The molecule has 92 valence electrons. The second-order valence-corrected chi connectivity index (χ2v) is 5.98. The molecule has 4 heteroatoms. The molecular formula is C15H10NO2P. The number of para-hydroxylation sites is 1. The second-order valence-electron chi connectivity index (χ2n) is 4.21. The van der Waals surface area contributed by atoms with E-state index < -0.39 is 8.15 Å². The van der Waals surface area contributed by atoms with Gasteiger partial charge >= 0.3 is 0 Å². The Labute approximate surface area is 112 Å². The summed E-state index contributed by atoms with van der Waals surface area (Å²) < 4.78 is 5.92. The van der Waals surface area contributed by atoms with E-state index in [0.717, 1.165) is 5.30 Å². The van der Waals surface area contributed by atoms with E-state index in [-0.39, 0.29) is 5.78 Å². The number of ketones is 1. The van der Waals surface area contributed by atoms with Crippen molar-refractivity contribution in [2.24, 2.45) is 0 Å². The Morgan fingerprint density at radius 1 is 1.11 bits per heavy atom. The van der Waals surface area contributed by atoms with Crippen LogP contribution in [0.1, 0.15) is 15.9 Å². The van der Waals surface area contributed by atoms with Gasteiger partial charge in [0.2, 0.25) is 0 Å². The molecule has 0 spiro atoms. The van der Waals surface area contributed by atoms with E-state index in [1.807, 2.05) is 30.3 Å². The maximum absolute atomic E-state index is 12.1. The Hall–Kier alpha value is -2.17. The van der Waals surface area contributed by atoms with Crippen molar-refractivity contribution in [3.8, 4) is 11.8 Å². The fourth-order valence-corrected chi connectivity index (χ4v) is 3.65. The summed E-state index contributed by atoms with van der Waals surface area (Å²) >= 11 is 0. The number of nitriles is 1. The van der Waals surface area contributed by atoms with Crippen LogP contribution in [-0.4, -0.2) is 11.9 Å². The van der Waals surface area contributed by atoms with Crippen molar-refractivity contribution >= 4 is 19.2 Å². The lowest BCUT2D eigenvalue weighted by Gasteiger charge is -2.24. The summed E-state index contributed by atoms with van der Waals surface area (Å²) in [5.74, 6) is 0.784. The molecule has 3 nitrogen and oxygen atoms in total. The number of Topliss-reactive ketones (excluding diaryl/α,β-unsaturated/α-hetero) is 1. The Balaban J connectivity index is 1.92. The third-order valence-corrected chi connectivity index (χ3v) is 4.83. The topological polar surface area (TPSA) is 50.1 Å². The van der Waals surface area contributed by atoms with Crippen LogP contribution < -0.4 is 9.83 Å². The molecule has 1 atom stereocenters. The molecule has 2 aromatic rings. The monoisotopic (exact) mass is 267 g/mol. The average Bonchev–Trinajstić information content (AvgIpc) is 2.47. The average molecular weight is 267 g/mol. The molecule has 0 amide bonds. The van der Waals surface area contributed by atoms with Gasteiger partial charge in [0.05, 0.1) is 23.4 Å². The van der Waals surface area contributed by atoms with E-state index in [1.165, 1.54) is 0 Å². The smallest absolute Gasteiger partial charge is 0.174 e. The maximum atomic E-state index is 12.1. The summed E-state index contributed by atoms with van der Waals surface area (Å²) in [6.45, 7) is 0. The van der Waals surface area contributed by atoms with Gasteiger partial charge in [-0.2, -0.15) is 5.26 Å². The summed E-state index contributed by atoms with van der Waals surface area (Å²) in [6, 6.07) is 16.7. The van der Waals surface area contributed by atoms with Crippen LogP contribution in [0.3, 0.4) is 0 Å². The molecule has 0 fully saturated rings. The molecule has 0 bridgehead atoms. The molecule has 1 heterocycles. The SMILES string of the molecule is N#Cc1ccc(P2CC(=O)c3ccccc3O2)cc1. The zero-order valence-corrected chi connectivity index (χ0v) is 10.9. The predicted octanol–water partition coefficient (Wildman–Crippen LogP) is 2.86. The summed E-state index contributed by atoms with van der Waals surface area (Å²) in [4.78, 5) is 12.1. The highest BCUT2D eigenvalue weighted by Crippen LogP contribution is 2.43. The number of hydrogen-bond acceptors (Lipinski definition) is 3. The fourth-order valence-electron chi connectivity index (χ4n) is 1.99. The van der Waals surface area contributed by atoms with Crippen LogP contribution in [0, 0.1) is 11.3 Å². The van der Waals surface area contributed by atoms with Crippen molar-refractivity contribution in [1.82, 2.24) is 0 Å². The first kappa shape index (κ1) is 11.9. The fraction of sp³-hybridized carbons (Fsp3) is 0.0667. The zero-order chi connectivity index (χ0) is 13.2. The molecule has 0 saturated carbocycles. The Morgan fingerprint density at radius 2 is 1.84 bits per heavy atom. The van der Waals surface area contributed by atoms with Gasteiger partial charge < -0.3 is 4.52 Å². The second kappa shape index (κ2) is 4.84. The van der Waals surface area contributed by atoms with Crippen molar-refractivity contribution < 1.29 is 9.32 Å². The van der Waals surface area contributed by atoms with Crippen LogP contribution in [0.25, 0.3) is 0 Å². The summed E-state index contributed by atoms with van der Waals surface area (Å²) in [7, 11) is -0.969. The minimum Gasteiger partial charge on any atom is -0.468 e. The van der Waals surface area contributed by atoms with Gasteiger partial charge in [0.15, 0.2) is 5.78 Å². The highest BCUT2D eigenvalue weighted by atomic mass is 31.1. The Morgan fingerprint density at radius 3 is 2.58 bits per heavy atom. The number of hydrogen-bond donors (Lipinski definition) is 0. The number of carbonyl (C=O) groups is 1. The minimum absolute atomic E-state index is 0.123. The van der Waals surface area contributed by atoms with Crippen molar-refractivity contribution in [2.75, 3.05) is 6.16 Å². The van der Waals surface area contributed by atoms with Crippen LogP contribution in [0.5, 0.6) is 5.75 Å². The largest absolute Gasteiger partial charge is 0.468 e. The third-order valence-electron chi connectivity index (χ3n) is 2.97. The molecule has 1 aliphatic rings. The Kier molecular flexibility index (Phi) is 3.03. The molecule has 0 saturated heterocycles. The van der Waals surface area contributed by atoms with Crippen molar-refractivity contribution in [3.63, 3.8) is 0 Å². The summed E-state index contributed by atoms with van der Waals surface area (Å²) in [5, 5.41) is 9.76. The molecule has 19 heavy (non-hydrogen) atoms. The molecule has 0 radical (unpaired) electrons. The highest BCUT2D eigenvalue weighted by molar-refractivity contribution is 7.62. The van der Waals surface area contributed by atoms with Gasteiger partial charge in [0.1, 0.15) is 13.9 Å². The van der Waals surface area contributed by atoms with E-state index in [9.17, 15) is 4.79 Å². The van der Waals surface area contributed by atoms with Gasteiger partial charge in [-0.1, -0.05) is 12.1 Å². The highest BCUT2D eigenvalue weighted by Gasteiger charge is 2.27. The molecule has 0 N–H and O–H groups in total. The van der Waals surface area contributed by atoms with Crippen LogP contribution in [-0.2, 0) is 0 Å². The maximum Gasteiger partial charge on any atom is 0.174 e. The van der Waals surface area contributed by atoms with Crippen molar-refractivity contribution in [2.45, 2.75) is 0 Å². The van der Waals surface area contributed by atoms with Crippen LogP contribution in [0.4, 0.5) is 0 Å². The van der Waals surface area contributed by atoms with Crippen molar-refractivity contribution in [3.05, 3.63) is 59.7 Å². The number of rotatable bonds is 1. The number of carbonyl (C=O) groups excluding carboxylic acids is 1. The first-order valence-electron chi connectivity index (χ1n) is 5.86. The summed E-state index contributed by atoms with van der Waals surface area (Å²) in [6.07, 6.45) is 0.401. The quantitative estimate of drug-likeness (QED) is 0.746. The van der Waals surface area contributed by atoms with E-state index >= 15 is 0 Å². The van der Waals surface area contributed by atoms with E-state index in [2.05, 4.69) is 6.07 Å². The first-order valence-corrected chi connectivity index (χ1v) is 7.30. The molecule has 2 aromatic carbocycles. The van der Waals surface area contributed by atoms with Gasteiger partial charge in [0, 0.05) is 5.30 Å². The lowest BCUT2D eigenvalue weighted by atomic mass is 10.1. The number of benzene rings is 2. The van der Waals surface area contributed by atoms with Gasteiger partial charge in [-0.25, -0.2) is 0 Å².